The molecule has 13 heavy (non-hydrogen) atoms. The van der Waals surface area contributed by atoms with Gasteiger partial charge in [-0.15, -0.1) is 7.80 Å². The predicted molar refractivity (Wildman–Crippen MR) is 71.8 cm³/mol. The molecule has 0 fully saturated rings. The Kier molecular flexibility index (Phi) is 4.58. The maximum atomic E-state index is 2.44. The first kappa shape index (κ1) is 13.6. The lowest BCUT2D eigenvalue weighted by molar-refractivity contribution is 0.502. The zero-order valence-corrected chi connectivity index (χ0v) is 11.6. The Morgan fingerprint density at radius 3 is 1.77 bits per heavy atom. The highest BCUT2D eigenvalue weighted by Gasteiger charge is 2.35. The molecule has 76 valence electrons. The number of hydrogen-bond donors (Lipinski definition) is 0. The Hall–Kier alpha value is 0.560. The molecule has 0 aromatic rings. The van der Waals surface area contributed by atoms with Gasteiger partial charge in [-0.1, -0.05) is 58.8 Å². The van der Waals surface area contributed by atoms with E-state index in [0.717, 1.165) is 5.66 Å². The minimum absolute atomic E-state index is 0.208. The lowest BCUT2D eigenvalue weighted by Gasteiger charge is -2.41. The van der Waals surface area contributed by atoms with Gasteiger partial charge in [0.25, 0.3) is 0 Å². The summed E-state index contributed by atoms with van der Waals surface area (Å²) in [7, 11) is 2.57. The maximum Gasteiger partial charge on any atom is 0.158 e. The van der Waals surface area contributed by atoms with Crippen LogP contribution in [0.15, 0.2) is 0 Å². The normalized spacial score (nSPS) is 16.0. The summed E-state index contributed by atoms with van der Waals surface area (Å²) >= 11 is 0. The first-order valence-electron chi connectivity index (χ1n) is 5.28. The second-order valence-corrected chi connectivity index (χ2v) is 9.01. The van der Waals surface area contributed by atoms with Gasteiger partial charge in [0.1, 0.15) is 7.85 Å². The van der Waals surface area contributed by atoms with Gasteiger partial charge in [-0.2, -0.15) is 0 Å². The van der Waals surface area contributed by atoms with Crippen molar-refractivity contribution >= 4 is 22.6 Å². The summed E-state index contributed by atoms with van der Waals surface area (Å²) in [6, 6.07) is 0. The smallest absolute Gasteiger partial charge is 0.145 e. The molecule has 0 saturated heterocycles. The van der Waals surface area contributed by atoms with E-state index in [1.54, 1.807) is 0 Å². The van der Waals surface area contributed by atoms with Crippen molar-refractivity contribution in [3.8, 4) is 0 Å². The SMILES string of the molecule is BC(C)(C)C(C)(C)BP(C)C(C)C. The summed E-state index contributed by atoms with van der Waals surface area (Å²) in [5.74, 6) is 0. The Balaban J connectivity index is 4.34. The van der Waals surface area contributed by atoms with Gasteiger partial charge in [-0.3, -0.25) is 0 Å². The molecule has 0 bridgehead atoms. The minimum Gasteiger partial charge on any atom is -0.145 e. The second kappa shape index (κ2) is 4.39. The molecule has 0 aliphatic rings. The monoisotopic (exact) mass is 198 g/mol. The molecule has 0 rings (SSSR count). The quantitative estimate of drug-likeness (QED) is 0.481. The van der Waals surface area contributed by atoms with E-state index in [0.29, 0.717) is 10.6 Å². The van der Waals surface area contributed by atoms with Crippen LogP contribution < -0.4 is 0 Å². The lowest BCUT2D eigenvalue weighted by Crippen LogP contribution is -2.26. The van der Waals surface area contributed by atoms with Crippen LogP contribution in [0, 0.1) is 0 Å². The fourth-order valence-corrected chi connectivity index (χ4v) is 3.13. The Morgan fingerprint density at radius 2 is 1.54 bits per heavy atom. The van der Waals surface area contributed by atoms with Crippen molar-refractivity contribution in [3.63, 3.8) is 0 Å². The van der Waals surface area contributed by atoms with Crippen LogP contribution in [-0.2, 0) is 0 Å². The molecular formula is C10H25B2P. The summed E-state index contributed by atoms with van der Waals surface area (Å²) < 4.78 is 0. The highest BCUT2D eigenvalue weighted by molar-refractivity contribution is 7.86. The van der Waals surface area contributed by atoms with Crippen LogP contribution in [0.4, 0.5) is 0 Å². The number of hydrogen-bond acceptors (Lipinski definition) is 0. The van der Waals surface area contributed by atoms with E-state index in [1.807, 2.05) is 0 Å². The molecule has 0 spiro atoms. The van der Waals surface area contributed by atoms with Crippen molar-refractivity contribution in [2.75, 3.05) is 6.66 Å². The third kappa shape index (κ3) is 4.07. The molecule has 0 aliphatic heterocycles. The van der Waals surface area contributed by atoms with Crippen LogP contribution in [0.2, 0.25) is 10.6 Å². The summed E-state index contributed by atoms with van der Waals surface area (Å²) in [4.78, 5) is 0. The minimum atomic E-state index is 0.208. The molecule has 0 heterocycles. The van der Waals surface area contributed by atoms with E-state index < -0.39 is 0 Å². The van der Waals surface area contributed by atoms with Crippen molar-refractivity contribution in [1.29, 1.82) is 0 Å². The summed E-state index contributed by atoms with van der Waals surface area (Å²) in [6.07, 6.45) is 0. The largest absolute Gasteiger partial charge is 0.158 e. The molecular weight excluding hydrogens is 173 g/mol. The van der Waals surface area contributed by atoms with Crippen LogP contribution in [0.5, 0.6) is 0 Å². The predicted octanol–water partition coefficient (Wildman–Crippen LogP) is 2.89. The molecule has 0 aromatic heterocycles. The molecule has 0 nitrogen and oxygen atoms in total. The van der Waals surface area contributed by atoms with E-state index in [1.165, 1.54) is 7.00 Å². The Morgan fingerprint density at radius 1 is 1.15 bits per heavy atom. The van der Waals surface area contributed by atoms with Gasteiger partial charge in [-0.05, 0) is 5.66 Å². The summed E-state index contributed by atoms with van der Waals surface area (Å²) in [5.41, 5.74) is 0.872. The average Bonchev–Trinajstić information content (AvgIpc) is 1.83. The lowest BCUT2D eigenvalue weighted by atomic mass is 9.47. The Labute approximate surface area is 87.6 Å². The molecule has 0 N–H and O–H groups in total. The van der Waals surface area contributed by atoms with E-state index in [2.05, 4.69) is 56.1 Å². The van der Waals surface area contributed by atoms with Crippen molar-refractivity contribution in [2.45, 2.75) is 57.8 Å². The van der Waals surface area contributed by atoms with Crippen LogP contribution in [0.1, 0.15) is 41.5 Å². The van der Waals surface area contributed by atoms with Crippen LogP contribution in [-0.4, -0.2) is 27.2 Å². The van der Waals surface area contributed by atoms with Gasteiger partial charge in [0, 0.05) is 0 Å². The molecule has 0 aliphatic carbocycles. The fraction of sp³-hybridized carbons (Fsp3) is 1.00. The van der Waals surface area contributed by atoms with Gasteiger partial charge < -0.3 is 0 Å². The molecule has 0 radical (unpaired) electrons. The van der Waals surface area contributed by atoms with E-state index in [4.69, 9.17) is 0 Å². The molecule has 0 saturated carbocycles. The van der Waals surface area contributed by atoms with Gasteiger partial charge >= 0.3 is 0 Å². The zero-order valence-electron chi connectivity index (χ0n) is 10.7. The number of rotatable bonds is 4. The van der Waals surface area contributed by atoms with E-state index in [-0.39, 0.29) is 7.80 Å². The Bertz CT molecular complexity index is 159. The van der Waals surface area contributed by atoms with Crippen molar-refractivity contribution in [2.24, 2.45) is 0 Å². The molecule has 0 amide bonds. The fourth-order valence-electron chi connectivity index (χ4n) is 1.04. The van der Waals surface area contributed by atoms with E-state index >= 15 is 0 Å². The maximum absolute atomic E-state index is 2.44. The van der Waals surface area contributed by atoms with Crippen molar-refractivity contribution in [3.05, 3.63) is 0 Å². The van der Waals surface area contributed by atoms with Crippen molar-refractivity contribution < 1.29 is 0 Å². The van der Waals surface area contributed by atoms with Gasteiger partial charge in [0.2, 0.25) is 0 Å². The molecule has 1 unspecified atom stereocenters. The third-order valence-corrected chi connectivity index (χ3v) is 6.61. The zero-order chi connectivity index (χ0) is 10.9. The van der Waals surface area contributed by atoms with Gasteiger partial charge in [0.05, 0.1) is 0 Å². The van der Waals surface area contributed by atoms with Gasteiger partial charge in [-0.25, -0.2) is 0 Å². The third-order valence-electron chi connectivity index (χ3n) is 3.56. The van der Waals surface area contributed by atoms with E-state index in [9.17, 15) is 0 Å². The first-order valence-corrected chi connectivity index (χ1v) is 7.32. The van der Waals surface area contributed by atoms with Gasteiger partial charge in [0.15, 0.2) is 7.00 Å². The average molecular weight is 198 g/mol. The molecule has 0 aromatic carbocycles. The summed E-state index contributed by atoms with van der Waals surface area (Å²) in [6.45, 7) is 18.1. The molecule has 1 atom stereocenters. The van der Waals surface area contributed by atoms with Crippen LogP contribution in [0.25, 0.3) is 0 Å². The highest BCUT2D eigenvalue weighted by Crippen LogP contribution is 2.54. The summed E-state index contributed by atoms with van der Waals surface area (Å²) in [5, 5.41) is 0.899. The first-order chi connectivity index (χ1) is 5.58. The standard InChI is InChI=1S/C10H25B2P/c1-8(2)13(7)12-10(5,6)9(3,4)11/h8,12H,11H2,1-7H3. The van der Waals surface area contributed by atoms with Crippen molar-refractivity contribution in [1.82, 2.24) is 0 Å². The molecule has 3 heteroatoms. The second-order valence-electron chi connectivity index (χ2n) is 6.14. The topological polar surface area (TPSA) is 0 Å². The highest BCUT2D eigenvalue weighted by atomic mass is 31.1. The van der Waals surface area contributed by atoms with Crippen LogP contribution >= 0.6 is 7.80 Å². The van der Waals surface area contributed by atoms with Crippen LogP contribution in [0.3, 0.4) is 0 Å².